The van der Waals surface area contributed by atoms with Crippen LogP contribution in [0.1, 0.15) is 49.0 Å². The van der Waals surface area contributed by atoms with Crippen LogP contribution >= 0.6 is 0 Å². The third-order valence-corrected chi connectivity index (χ3v) is 4.97. The summed E-state index contributed by atoms with van der Waals surface area (Å²) in [5.74, 6) is -0.324. The average molecular weight is 437 g/mol. The van der Waals surface area contributed by atoms with Gasteiger partial charge in [-0.25, -0.2) is 9.59 Å². The van der Waals surface area contributed by atoms with E-state index >= 15 is 0 Å². The molecule has 0 radical (unpaired) electrons. The van der Waals surface area contributed by atoms with Crippen molar-refractivity contribution in [3.05, 3.63) is 70.1 Å². The molecule has 168 valence electrons. The third-order valence-electron chi connectivity index (χ3n) is 4.97. The molecule has 1 unspecified atom stereocenters. The van der Waals surface area contributed by atoms with Gasteiger partial charge in [0.1, 0.15) is 11.3 Å². The molecule has 1 aromatic heterocycles. The van der Waals surface area contributed by atoms with Gasteiger partial charge in [-0.15, -0.1) is 0 Å². The number of rotatable bonds is 9. The number of amides is 1. The van der Waals surface area contributed by atoms with E-state index in [-0.39, 0.29) is 11.9 Å². The molecule has 0 aliphatic rings. The van der Waals surface area contributed by atoms with Gasteiger partial charge in [0.2, 0.25) is 0 Å². The van der Waals surface area contributed by atoms with Crippen LogP contribution in [-0.2, 0) is 9.53 Å². The molecular weight excluding hydrogens is 410 g/mol. The van der Waals surface area contributed by atoms with Crippen LogP contribution in [0.25, 0.3) is 11.0 Å². The van der Waals surface area contributed by atoms with Crippen molar-refractivity contribution >= 4 is 28.5 Å². The smallest absolute Gasteiger partial charge is 0.338 e. The minimum atomic E-state index is -0.799. The summed E-state index contributed by atoms with van der Waals surface area (Å²) in [7, 11) is 0. The molecular formula is C25H27NO6. The van der Waals surface area contributed by atoms with Gasteiger partial charge in [0.15, 0.2) is 6.10 Å². The molecule has 0 saturated heterocycles. The molecule has 0 spiro atoms. The maximum atomic E-state index is 12.5. The number of hydrogen-bond acceptors (Lipinski definition) is 6. The molecule has 7 nitrogen and oxygen atoms in total. The van der Waals surface area contributed by atoms with Crippen molar-refractivity contribution in [3.63, 3.8) is 0 Å². The maximum absolute atomic E-state index is 12.5. The third kappa shape index (κ3) is 5.97. The molecule has 7 heteroatoms. The van der Waals surface area contributed by atoms with Gasteiger partial charge in [-0.1, -0.05) is 19.8 Å². The highest BCUT2D eigenvalue weighted by Gasteiger charge is 2.16. The lowest BCUT2D eigenvalue weighted by Gasteiger charge is -2.15. The zero-order chi connectivity index (χ0) is 23.1. The molecule has 1 amide bonds. The molecule has 0 aliphatic heterocycles. The van der Waals surface area contributed by atoms with Gasteiger partial charge < -0.3 is 19.2 Å². The summed E-state index contributed by atoms with van der Waals surface area (Å²) in [6.07, 6.45) is 2.13. The first-order valence-electron chi connectivity index (χ1n) is 10.7. The molecule has 0 fully saturated rings. The first-order chi connectivity index (χ1) is 15.4. The number of anilines is 1. The summed E-state index contributed by atoms with van der Waals surface area (Å²) < 4.78 is 16.2. The Labute approximate surface area is 186 Å². The number of ether oxygens (including phenoxy) is 2. The first-order valence-corrected chi connectivity index (χ1v) is 10.7. The Morgan fingerprint density at radius 1 is 1.06 bits per heavy atom. The maximum Gasteiger partial charge on any atom is 0.338 e. The average Bonchev–Trinajstić information content (AvgIpc) is 2.76. The SMILES string of the molecule is CCCCCOC(=O)c1ccc(NC(=O)C(C)Oc2ccc3c(C)cc(=O)oc3c2)cc1. The molecule has 32 heavy (non-hydrogen) atoms. The number of carbonyl (C=O) groups is 2. The van der Waals surface area contributed by atoms with E-state index < -0.39 is 11.7 Å². The van der Waals surface area contributed by atoms with E-state index in [9.17, 15) is 14.4 Å². The molecule has 1 N–H and O–H groups in total. The van der Waals surface area contributed by atoms with Crippen LogP contribution in [0, 0.1) is 6.92 Å². The number of esters is 1. The zero-order valence-electron chi connectivity index (χ0n) is 18.5. The second-order valence-electron chi connectivity index (χ2n) is 7.58. The highest BCUT2D eigenvalue weighted by Crippen LogP contribution is 2.23. The second kappa shape index (κ2) is 10.6. The summed E-state index contributed by atoms with van der Waals surface area (Å²) in [5.41, 5.74) is 1.73. The quantitative estimate of drug-likeness (QED) is 0.292. The Morgan fingerprint density at radius 3 is 2.53 bits per heavy atom. The monoisotopic (exact) mass is 437 g/mol. The number of benzene rings is 2. The normalized spacial score (nSPS) is 11.7. The minimum Gasteiger partial charge on any atom is -0.481 e. The fourth-order valence-electron chi connectivity index (χ4n) is 3.17. The summed E-state index contributed by atoms with van der Waals surface area (Å²) in [5, 5.41) is 3.56. The fourth-order valence-corrected chi connectivity index (χ4v) is 3.17. The van der Waals surface area contributed by atoms with Gasteiger partial charge in [0, 0.05) is 23.2 Å². The van der Waals surface area contributed by atoms with Crippen LogP contribution in [0.3, 0.4) is 0 Å². The van der Waals surface area contributed by atoms with E-state index in [0.717, 1.165) is 30.2 Å². The molecule has 1 atom stereocenters. The zero-order valence-corrected chi connectivity index (χ0v) is 18.5. The molecule has 2 aromatic carbocycles. The van der Waals surface area contributed by atoms with E-state index in [4.69, 9.17) is 13.9 Å². The van der Waals surface area contributed by atoms with E-state index in [1.54, 1.807) is 49.4 Å². The van der Waals surface area contributed by atoms with Crippen LogP contribution in [0.5, 0.6) is 5.75 Å². The summed E-state index contributed by atoms with van der Waals surface area (Å²) in [4.78, 5) is 36.1. The van der Waals surface area contributed by atoms with E-state index in [1.165, 1.54) is 6.07 Å². The largest absolute Gasteiger partial charge is 0.481 e. The van der Waals surface area contributed by atoms with Crippen molar-refractivity contribution in [2.45, 2.75) is 46.1 Å². The number of hydrogen-bond donors (Lipinski definition) is 1. The van der Waals surface area contributed by atoms with Gasteiger partial charge in [-0.3, -0.25) is 4.79 Å². The van der Waals surface area contributed by atoms with Gasteiger partial charge in [-0.05, 0) is 62.2 Å². The van der Waals surface area contributed by atoms with Crippen molar-refractivity contribution in [2.24, 2.45) is 0 Å². The fraction of sp³-hybridized carbons (Fsp3) is 0.320. The Kier molecular flexibility index (Phi) is 7.65. The summed E-state index contributed by atoms with van der Waals surface area (Å²) in [6.45, 7) is 5.93. The molecule has 0 aliphatic carbocycles. The molecule has 0 bridgehead atoms. The Bertz CT molecular complexity index is 1150. The van der Waals surface area contributed by atoms with Crippen molar-refractivity contribution in [2.75, 3.05) is 11.9 Å². The second-order valence-corrected chi connectivity index (χ2v) is 7.58. The Balaban J connectivity index is 1.58. The molecule has 1 heterocycles. The van der Waals surface area contributed by atoms with Crippen molar-refractivity contribution in [1.29, 1.82) is 0 Å². The number of fused-ring (bicyclic) bond motifs is 1. The van der Waals surface area contributed by atoms with Gasteiger partial charge >= 0.3 is 11.6 Å². The number of aryl methyl sites for hydroxylation is 1. The van der Waals surface area contributed by atoms with Crippen LogP contribution in [0.4, 0.5) is 5.69 Å². The summed E-state index contributed by atoms with van der Waals surface area (Å²) >= 11 is 0. The molecule has 3 rings (SSSR count). The van der Waals surface area contributed by atoms with Crippen LogP contribution in [-0.4, -0.2) is 24.6 Å². The van der Waals surface area contributed by atoms with Gasteiger partial charge in [0.25, 0.3) is 5.91 Å². The van der Waals surface area contributed by atoms with Crippen molar-refractivity contribution in [1.82, 2.24) is 0 Å². The van der Waals surface area contributed by atoms with E-state index in [1.807, 2.05) is 6.92 Å². The van der Waals surface area contributed by atoms with Gasteiger partial charge in [-0.2, -0.15) is 0 Å². The van der Waals surface area contributed by atoms with Crippen LogP contribution < -0.4 is 15.7 Å². The number of carbonyl (C=O) groups excluding carboxylic acids is 2. The molecule has 0 saturated carbocycles. The lowest BCUT2D eigenvalue weighted by Crippen LogP contribution is -2.30. The number of nitrogens with one attached hydrogen (secondary N) is 1. The lowest BCUT2D eigenvalue weighted by molar-refractivity contribution is -0.122. The van der Waals surface area contributed by atoms with E-state index in [0.29, 0.717) is 29.2 Å². The van der Waals surface area contributed by atoms with Crippen molar-refractivity contribution < 1.29 is 23.5 Å². The molecule has 3 aromatic rings. The number of unbranched alkanes of at least 4 members (excludes halogenated alkanes) is 2. The first kappa shape index (κ1) is 23.1. The highest BCUT2D eigenvalue weighted by molar-refractivity contribution is 5.95. The standard InChI is InChI=1S/C25H27NO6/c1-4-5-6-13-30-25(29)18-7-9-19(10-8-18)26-24(28)17(3)31-20-11-12-21-16(2)14-23(27)32-22(21)15-20/h7-12,14-15,17H,4-6,13H2,1-3H3,(H,26,28). The lowest BCUT2D eigenvalue weighted by atomic mass is 10.1. The predicted octanol–water partition coefficient (Wildman–Crippen LogP) is 4.85. The van der Waals surface area contributed by atoms with Crippen molar-refractivity contribution in [3.8, 4) is 5.75 Å². The Hall–Kier alpha value is -3.61. The van der Waals surface area contributed by atoms with Crippen LogP contribution in [0.15, 0.2) is 57.7 Å². The highest BCUT2D eigenvalue weighted by atomic mass is 16.5. The minimum absolute atomic E-state index is 0.356. The van der Waals surface area contributed by atoms with Crippen LogP contribution in [0.2, 0.25) is 0 Å². The Morgan fingerprint density at radius 2 is 1.81 bits per heavy atom. The van der Waals surface area contributed by atoms with E-state index in [2.05, 4.69) is 12.2 Å². The topological polar surface area (TPSA) is 94.8 Å². The predicted molar refractivity (Wildman–Crippen MR) is 122 cm³/mol. The van der Waals surface area contributed by atoms with Gasteiger partial charge in [0.05, 0.1) is 12.2 Å². The summed E-state index contributed by atoms with van der Waals surface area (Å²) in [6, 6.07) is 13.0.